The van der Waals surface area contributed by atoms with E-state index in [-0.39, 0.29) is 0 Å². The van der Waals surface area contributed by atoms with Crippen molar-refractivity contribution in [3.05, 3.63) is 58.2 Å². The lowest BCUT2D eigenvalue weighted by Crippen LogP contribution is -2.04. The molecule has 0 aliphatic rings. The van der Waals surface area contributed by atoms with E-state index in [1.807, 2.05) is 12.1 Å². The lowest BCUT2D eigenvalue weighted by Gasteiger charge is -2.20. The second-order valence-corrected chi connectivity index (χ2v) is 16.6. The first-order valence-electron chi connectivity index (χ1n) is 22.3. The molecule has 58 heavy (non-hydrogen) atoms. The topological polar surface area (TPSA) is 72.2 Å². The predicted octanol–water partition coefficient (Wildman–Crippen LogP) is 15.4. The van der Waals surface area contributed by atoms with E-state index in [0.717, 1.165) is 166 Å². The van der Waals surface area contributed by atoms with Crippen LogP contribution in [0.15, 0.2) is 59.0 Å². The summed E-state index contributed by atoms with van der Waals surface area (Å²) in [6.07, 6.45) is 16.1. The van der Waals surface area contributed by atoms with Gasteiger partial charge in [0.05, 0.1) is 38.6 Å². The summed E-state index contributed by atoms with van der Waals surface area (Å²) in [5.41, 5.74) is 2.37. The van der Waals surface area contributed by atoms with Crippen LogP contribution in [0.4, 0.5) is 0 Å². The van der Waals surface area contributed by atoms with Gasteiger partial charge in [0.25, 0.3) is 0 Å². The van der Waals surface area contributed by atoms with Gasteiger partial charge in [-0.05, 0) is 124 Å². The number of ether oxygens (including phenoxy) is 5. The van der Waals surface area contributed by atoms with Crippen molar-refractivity contribution in [1.82, 2.24) is 4.98 Å². The second kappa shape index (κ2) is 22.5. The van der Waals surface area contributed by atoms with Crippen molar-refractivity contribution in [1.29, 1.82) is 0 Å². The van der Waals surface area contributed by atoms with Gasteiger partial charge in [0.2, 0.25) is 5.89 Å². The van der Waals surface area contributed by atoms with Crippen molar-refractivity contribution >= 4 is 66.0 Å². The van der Waals surface area contributed by atoms with Crippen LogP contribution in [-0.4, -0.2) is 38.0 Å². The van der Waals surface area contributed by atoms with E-state index in [4.69, 9.17) is 33.1 Å². The first-order valence-corrected chi connectivity index (χ1v) is 23.3. The average Bonchev–Trinajstić information content (AvgIpc) is 3.68. The molecule has 1 aromatic heterocycles. The molecule has 0 bridgehead atoms. The highest BCUT2D eigenvalue weighted by molar-refractivity contribution is 14.1. The van der Waals surface area contributed by atoms with Crippen LogP contribution in [0.3, 0.4) is 0 Å². The Bertz CT molecular complexity index is 2180. The Hall–Kier alpha value is -3.92. The molecule has 0 amide bonds. The van der Waals surface area contributed by atoms with Gasteiger partial charge < -0.3 is 28.1 Å². The fourth-order valence-corrected chi connectivity index (χ4v) is 8.13. The van der Waals surface area contributed by atoms with Crippen LogP contribution in [0.2, 0.25) is 0 Å². The first kappa shape index (κ1) is 43.7. The molecule has 1 heterocycles. The smallest absolute Gasteiger partial charge is 0.228 e. The molecule has 0 saturated heterocycles. The van der Waals surface area contributed by atoms with Crippen molar-refractivity contribution in [3.8, 4) is 40.2 Å². The van der Waals surface area contributed by atoms with Crippen molar-refractivity contribution in [2.45, 2.75) is 131 Å². The van der Waals surface area contributed by atoms with Crippen LogP contribution in [0, 0.1) is 3.57 Å². The van der Waals surface area contributed by atoms with E-state index >= 15 is 0 Å². The van der Waals surface area contributed by atoms with Crippen LogP contribution in [0.25, 0.3) is 54.9 Å². The van der Waals surface area contributed by atoms with Gasteiger partial charge in [0.15, 0.2) is 34.3 Å². The van der Waals surface area contributed by atoms with E-state index in [2.05, 4.69) is 99.7 Å². The number of fused-ring (bicyclic) bond motifs is 8. The van der Waals surface area contributed by atoms with Gasteiger partial charge in [-0.1, -0.05) is 111 Å². The molecule has 0 atom stereocenters. The zero-order chi connectivity index (χ0) is 40.7. The summed E-state index contributed by atoms with van der Waals surface area (Å²) in [4.78, 5) is 5.33. The number of benzene rings is 5. The molecule has 7 nitrogen and oxygen atoms in total. The van der Waals surface area contributed by atoms with E-state index in [1.165, 1.54) is 0 Å². The number of halogens is 1. The molecule has 0 spiro atoms. The second-order valence-electron chi connectivity index (χ2n) is 15.4. The van der Waals surface area contributed by atoms with E-state index in [0.29, 0.717) is 50.3 Å². The molecule has 0 saturated carbocycles. The molecule has 6 rings (SSSR count). The zero-order valence-electron chi connectivity index (χ0n) is 35.6. The fourth-order valence-electron chi connectivity index (χ4n) is 7.51. The molecule has 0 aliphatic heterocycles. The highest BCUT2D eigenvalue weighted by atomic mass is 127. The average molecular weight is 902 g/mol. The van der Waals surface area contributed by atoms with Crippen LogP contribution < -0.4 is 23.7 Å². The summed E-state index contributed by atoms with van der Waals surface area (Å²) in [6.45, 7) is 14.2. The van der Waals surface area contributed by atoms with Crippen molar-refractivity contribution in [2.24, 2.45) is 0 Å². The summed E-state index contributed by atoms with van der Waals surface area (Å²) < 4.78 is 40.9. The van der Waals surface area contributed by atoms with Crippen LogP contribution in [-0.2, 0) is 0 Å². The monoisotopic (exact) mass is 901 g/mol. The molecule has 5 aromatic carbocycles. The molecular formula is C50H64INO6. The van der Waals surface area contributed by atoms with Gasteiger partial charge in [-0.3, -0.25) is 0 Å². The molecule has 0 unspecified atom stereocenters. The number of aromatic nitrogens is 1. The molecular weight excluding hydrogens is 837 g/mol. The SMILES string of the molecule is CCCCCOc1cc2c3cc(OCCCCC)c(OCCCCC)cc3c3c(cc(OCCCCC)c4oc(-c5ccccc5I)nc43)c2cc1OCCCCC. The van der Waals surface area contributed by atoms with Crippen molar-refractivity contribution in [3.63, 3.8) is 0 Å². The Morgan fingerprint density at radius 2 is 0.828 bits per heavy atom. The third-order valence-electron chi connectivity index (χ3n) is 10.8. The predicted molar refractivity (Wildman–Crippen MR) is 250 cm³/mol. The highest BCUT2D eigenvalue weighted by Gasteiger charge is 2.24. The number of hydrogen-bond acceptors (Lipinski definition) is 7. The lowest BCUT2D eigenvalue weighted by atomic mass is 9.92. The Balaban J connectivity index is 1.68. The maximum atomic E-state index is 6.76. The highest BCUT2D eigenvalue weighted by Crippen LogP contribution is 2.49. The van der Waals surface area contributed by atoms with Crippen molar-refractivity contribution < 1.29 is 28.1 Å². The lowest BCUT2D eigenvalue weighted by molar-refractivity contribution is 0.260. The summed E-state index contributed by atoms with van der Waals surface area (Å²) in [5, 5.41) is 6.18. The minimum atomic E-state index is 0.571. The standard InChI is InChI=1S/C50H64INO6/c1-6-11-18-25-53-42-30-36-37-31-44(55-27-20-13-8-3)45(56-28-21-14-9-4)33-39(37)47-40(38(36)32-43(42)54-26-19-12-7-2)34-46(57-29-22-15-10-5)49-48(47)52-50(58-49)35-23-16-17-24-41(35)51/h16-17,23-24,30-34H,6-15,18-22,25-29H2,1-5H3. The quantitative estimate of drug-likeness (QED) is 0.0305. The van der Waals surface area contributed by atoms with Gasteiger partial charge in [0, 0.05) is 8.96 Å². The third-order valence-corrected chi connectivity index (χ3v) is 11.7. The van der Waals surface area contributed by atoms with E-state index < -0.39 is 0 Å². The number of oxazole rings is 1. The molecule has 6 aromatic rings. The number of nitrogens with zero attached hydrogens (tertiary/aromatic N) is 1. The van der Waals surface area contributed by atoms with Crippen molar-refractivity contribution in [2.75, 3.05) is 33.0 Å². The third kappa shape index (κ3) is 10.6. The fraction of sp³-hybridized carbons (Fsp3) is 0.500. The Morgan fingerprint density at radius 3 is 1.24 bits per heavy atom. The number of rotatable bonds is 26. The minimum Gasteiger partial charge on any atom is -0.490 e. The molecule has 0 aliphatic carbocycles. The van der Waals surface area contributed by atoms with Crippen LogP contribution in [0.5, 0.6) is 28.7 Å². The number of unbranched alkanes of at least 4 members (excludes halogenated alkanes) is 10. The molecule has 312 valence electrons. The zero-order valence-corrected chi connectivity index (χ0v) is 37.8. The Labute approximate surface area is 359 Å². The summed E-state index contributed by atoms with van der Waals surface area (Å²) in [7, 11) is 0. The van der Waals surface area contributed by atoms with Crippen LogP contribution >= 0.6 is 22.6 Å². The molecule has 0 radical (unpaired) electrons. The number of hydrogen-bond donors (Lipinski definition) is 0. The van der Waals surface area contributed by atoms with Crippen LogP contribution in [0.1, 0.15) is 131 Å². The maximum absolute atomic E-state index is 6.76. The molecule has 0 N–H and O–H groups in total. The largest absolute Gasteiger partial charge is 0.490 e. The molecule has 0 fully saturated rings. The normalized spacial score (nSPS) is 11.6. The summed E-state index contributed by atoms with van der Waals surface area (Å²) >= 11 is 2.36. The van der Waals surface area contributed by atoms with Gasteiger partial charge in [-0.2, -0.15) is 0 Å². The van der Waals surface area contributed by atoms with E-state index in [9.17, 15) is 0 Å². The minimum absolute atomic E-state index is 0.571. The Kier molecular flexibility index (Phi) is 16.9. The molecule has 8 heteroatoms. The van der Waals surface area contributed by atoms with Gasteiger partial charge in [-0.15, -0.1) is 0 Å². The van der Waals surface area contributed by atoms with Gasteiger partial charge in [-0.25, -0.2) is 4.98 Å². The summed E-state index contributed by atoms with van der Waals surface area (Å²) in [6, 6.07) is 19.1. The Morgan fingerprint density at radius 1 is 0.466 bits per heavy atom. The first-order chi connectivity index (χ1) is 28.5. The van der Waals surface area contributed by atoms with Gasteiger partial charge >= 0.3 is 0 Å². The summed E-state index contributed by atoms with van der Waals surface area (Å²) in [5.74, 6) is 4.31. The van der Waals surface area contributed by atoms with E-state index in [1.54, 1.807) is 0 Å². The van der Waals surface area contributed by atoms with Gasteiger partial charge in [0.1, 0.15) is 5.52 Å². The maximum Gasteiger partial charge on any atom is 0.228 e.